The van der Waals surface area contributed by atoms with Gasteiger partial charge < -0.3 is 10.1 Å². The third-order valence-electron chi connectivity index (χ3n) is 3.44. The second-order valence-corrected chi connectivity index (χ2v) is 5.30. The molecular formula is C15H15N3O7. The van der Waals surface area contributed by atoms with E-state index in [1.165, 1.54) is 25.1 Å². The summed E-state index contributed by atoms with van der Waals surface area (Å²) < 4.78 is 4.89. The van der Waals surface area contributed by atoms with Crippen molar-refractivity contribution in [2.75, 3.05) is 11.9 Å². The topological polar surface area (TPSA) is 136 Å². The summed E-state index contributed by atoms with van der Waals surface area (Å²) >= 11 is 0. The average Bonchev–Trinajstić information content (AvgIpc) is 2.86. The van der Waals surface area contributed by atoms with E-state index in [4.69, 9.17) is 4.74 Å². The smallest absolute Gasteiger partial charge is 0.326 e. The second-order valence-electron chi connectivity index (χ2n) is 5.30. The quantitative estimate of drug-likeness (QED) is 0.344. The summed E-state index contributed by atoms with van der Waals surface area (Å²) in [6, 6.07) is 5.27. The van der Waals surface area contributed by atoms with E-state index < -0.39 is 41.3 Å². The van der Waals surface area contributed by atoms with Crippen molar-refractivity contribution in [3.63, 3.8) is 0 Å². The first-order chi connectivity index (χ1) is 11.8. The maximum absolute atomic E-state index is 12.0. The highest BCUT2D eigenvalue weighted by atomic mass is 16.6. The molecule has 1 heterocycles. The fourth-order valence-corrected chi connectivity index (χ4v) is 2.16. The van der Waals surface area contributed by atoms with Crippen LogP contribution in [0, 0.1) is 10.1 Å². The number of imide groups is 1. The molecule has 1 aromatic carbocycles. The highest BCUT2D eigenvalue weighted by Crippen LogP contribution is 2.17. The van der Waals surface area contributed by atoms with Gasteiger partial charge in [0.1, 0.15) is 6.54 Å². The number of nitrogens with one attached hydrogen (secondary N) is 1. The molecular weight excluding hydrogens is 334 g/mol. The number of hydrogen-bond acceptors (Lipinski definition) is 7. The van der Waals surface area contributed by atoms with Crippen molar-refractivity contribution in [1.82, 2.24) is 4.90 Å². The van der Waals surface area contributed by atoms with Gasteiger partial charge in [-0.05, 0) is 13.0 Å². The predicted octanol–water partition coefficient (Wildman–Crippen LogP) is 0.614. The number of carbonyl (C=O) groups excluding carboxylic acids is 4. The Morgan fingerprint density at radius 1 is 1.32 bits per heavy atom. The Kier molecular flexibility index (Phi) is 5.42. The van der Waals surface area contributed by atoms with E-state index in [1.807, 2.05) is 0 Å². The number of esters is 1. The lowest BCUT2D eigenvalue weighted by Gasteiger charge is -2.16. The lowest BCUT2D eigenvalue weighted by molar-refractivity contribution is -0.384. The van der Waals surface area contributed by atoms with Crippen LogP contribution in [0.5, 0.6) is 0 Å². The number of non-ortho nitro benzene ring substituents is 1. The van der Waals surface area contributed by atoms with Gasteiger partial charge in [-0.3, -0.25) is 34.2 Å². The summed E-state index contributed by atoms with van der Waals surface area (Å²) in [5.41, 5.74) is -0.0273. The summed E-state index contributed by atoms with van der Waals surface area (Å²) in [5, 5.41) is 13.1. The normalized spacial score (nSPS) is 15.0. The highest BCUT2D eigenvalue weighted by molar-refractivity contribution is 6.04. The van der Waals surface area contributed by atoms with Crippen LogP contribution < -0.4 is 5.32 Å². The molecule has 0 aliphatic carbocycles. The van der Waals surface area contributed by atoms with E-state index in [-0.39, 0.29) is 24.2 Å². The lowest BCUT2D eigenvalue weighted by Crippen LogP contribution is -2.38. The first-order valence-corrected chi connectivity index (χ1v) is 7.36. The molecule has 1 aromatic rings. The molecule has 1 atom stereocenters. The van der Waals surface area contributed by atoms with Crippen LogP contribution in [0.3, 0.4) is 0 Å². The van der Waals surface area contributed by atoms with E-state index in [2.05, 4.69) is 5.32 Å². The van der Waals surface area contributed by atoms with Crippen LogP contribution in [0.4, 0.5) is 11.4 Å². The first-order valence-electron chi connectivity index (χ1n) is 7.36. The maximum atomic E-state index is 12.0. The number of nitro groups is 1. The van der Waals surface area contributed by atoms with Crippen LogP contribution in [0.1, 0.15) is 19.8 Å². The monoisotopic (exact) mass is 349 g/mol. The molecule has 1 aliphatic rings. The van der Waals surface area contributed by atoms with Crippen molar-refractivity contribution in [2.24, 2.45) is 0 Å². The maximum Gasteiger partial charge on any atom is 0.326 e. The summed E-state index contributed by atoms with van der Waals surface area (Å²) in [6.45, 7) is 0.754. The van der Waals surface area contributed by atoms with Crippen LogP contribution >= 0.6 is 0 Å². The van der Waals surface area contributed by atoms with Gasteiger partial charge in [-0.1, -0.05) is 6.07 Å². The number of rotatable bonds is 6. The van der Waals surface area contributed by atoms with E-state index in [0.717, 1.165) is 11.0 Å². The van der Waals surface area contributed by atoms with E-state index in [0.29, 0.717) is 0 Å². The van der Waals surface area contributed by atoms with Crippen molar-refractivity contribution in [2.45, 2.75) is 25.9 Å². The minimum Gasteiger partial charge on any atom is -0.451 e. The summed E-state index contributed by atoms with van der Waals surface area (Å²) in [7, 11) is 0. The molecule has 25 heavy (non-hydrogen) atoms. The molecule has 1 aliphatic heterocycles. The first kappa shape index (κ1) is 18.0. The van der Waals surface area contributed by atoms with Crippen molar-refractivity contribution in [3.8, 4) is 0 Å². The standard InChI is InChI=1S/C15H15N3O7/c1-9(25-14(21)8-17-12(19)5-6-13(17)20)15(22)16-10-3-2-4-11(7-10)18(23)24/h2-4,7,9H,5-6,8H2,1H3,(H,16,22)/t9-/m0/s1. The van der Waals surface area contributed by atoms with Gasteiger partial charge in [-0.15, -0.1) is 0 Å². The molecule has 0 spiro atoms. The number of anilines is 1. The van der Waals surface area contributed by atoms with Crippen molar-refractivity contribution in [3.05, 3.63) is 34.4 Å². The Morgan fingerprint density at radius 3 is 2.56 bits per heavy atom. The molecule has 0 unspecified atom stereocenters. The van der Waals surface area contributed by atoms with E-state index in [1.54, 1.807) is 0 Å². The Balaban J connectivity index is 1.90. The molecule has 0 radical (unpaired) electrons. The lowest BCUT2D eigenvalue weighted by atomic mass is 10.2. The van der Waals surface area contributed by atoms with Crippen molar-refractivity contribution in [1.29, 1.82) is 0 Å². The number of nitro benzene ring substituents is 1. The zero-order chi connectivity index (χ0) is 18.6. The van der Waals surface area contributed by atoms with Gasteiger partial charge in [0, 0.05) is 30.7 Å². The molecule has 0 bridgehead atoms. The van der Waals surface area contributed by atoms with Gasteiger partial charge in [0.05, 0.1) is 4.92 Å². The average molecular weight is 349 g/mol. The highest BCUT2D eigenvalue weighted by Gasteiger charge is 2.31. The number of nitrogens with zero attached hydrogens (tertiary/aromatic N) is 2. The third kappa shape index (κ3) is 4.59. The summed E-state index contributed by atoms with van der Waals surface area (Å²) in [4.78, 5) is 57.5. The Hall–Kier alpha value is -3.30. The molecule has 2 rings (SSSR count). The predicted molar refractivity (Wildman–Crippen MR) is 83.2 cm³/mol. The van der Waals surface area contributed by atoms with Gasteiger partial charge in [0.25, 0.3) is 11.6 Å². The number of ether oxygens (including phenoxy) is 1. The number of hydrogen-bond donors (Lipinski definition) is 1. The Morgan fingerprint density at radius 2 is 1.96 bits per heavy atom. The van der Waals surface area contributed by atoms with Crippen LogP contribution in [0.2, 0.25) is 0 Å². The minimum atomic E-state index is -1.21. The molecule has 1 saturated heterocycles. The summed E-state index contributed by atoms with van der Waals surface area (Å²) in [6.07, 6.45) is -1.11. The van der Waals surface area contributed by atoms with Crippen LogP contribution in [-0.4, -0.2) is 46.2 Å². The summed E-state index contributed by atoms with van der Waals surface area (Å²) in [5.74, 6) is -2.52. The number of carbonyl (C=O) groups is 4. The molecule has 3 amide bonds. The van der Waals surface area contributed by atoms with Gasteiger partial charge in [-0.25, -0.2) is 0 Å². The van der Waals surface area contributed by atoms with Crippen molar-refractivity contribution >= 4 is 35.1 Å². The molecule has 1 N–H and O–H groups in total. The Labute approximate surface area is 141 Å². The molecule has 0 saturated carbocycles. The number of amides is 3. The fraction of sp³-hybridized carbons (Fsp3) is 0.333. The van der Waals surface area contributed by atoms with Gasteiger partial charge >= 0.3 is 5.97 Å². The van der Waals surface area contributed by atoms with Crippen LogP contribution in [-0.2, 0) is 23.9 Å². The number of benzene rings is 1. The molecule has 1 fully saturated rings. The largest absolute Gasteiger partial charge is 0.451 e. The molecule has 132 valence electrons. The zero-order valence-corrected chi connectivity index (χ0v) is 13.3. The van der Waals surface area contributed by atoms with Gasteiger partial charge in [0.15, 0.2) is 6.10 Å². The Bertz CT molecular complexity index is 730. The number of likely N-dealkylation sites (tertiary alicyclic amines) is 1. The second kappa shape index (κ2) is 7.51. The van der Waals surface area contributed by atoms with E-state index >= 15 is 0 Å². The van der Waals surface area contributed by atoms with Crippen LogP contribution in [0.15, 0.2) is 24.3 Å². The third-order valence-corrected chi connectivity index (χ3v) is 3.44. The molecule has 10 heteroatoms. The van der Waals surface area contributed by atoms with E-state index in [9.17, 15) is 29.3 Å². The van der Waals surface area contributed by atoms with Gasteiger partial charge in [-0.2, -0.15) is 0 Å². The van der Waals surface area contributed by atoms with Crippen LogP contribution in [0.25, 0.3) is 0 Å². The minimum absolute atomic E-state index is 0.0505. The van der Waals surface area contributed by atoms with Crippen molar-refractivity contribution < 1.29 is 28.8 Å². The zero-order valence-electron chi connectivity index (χ0n) is 13.3. The molecule has 0 aromatic heterocycles. The molecule has 10 nitrogen and oxygen atoms in total. The van der Waals surface area contributed by atoms with Gasteiger partial charge in [0.2, 0.25) is 11.8 Å². The SMILES string of the molecule is C[C@H](OC(=O)CN1C(=O)CCC1=O)C(=O)Nc1cccc([N+](=O)[O-])c1. The fourth-order valence-electron chi connectivity index (χ4n) is 2.16.